The fourth-order valence-corrected chi connectivity index (χ4v) is 2.45. The SMILES string of the molecule is CCOc1ccccc1NCC(=O)Nc1cc(OC)c(Cl)cc1OC. The van der Waals surface area contributed by atoms with Gasteiger partial charge in [-0.3, -0.25) is 4.79 Å². The zero-order chi connectivity index (χ0) is 18.2. The minimum atomic E-state index is -0.242. The Bertz CT molecular complexity index is 737. The molecule has 0 unspecified atom stereocenters. The quantitative estimate of drug-likeness (QED) is 0.745. The Balaban J connectivity index is 2.06. The molecule has 0 fully saturated rings. The number of hydrogen-bond donors (Lipinski definition) is 2. The molecule has 0 atom stereocenters. The first-order valence-electron chi connectivity index (χ1n) is 7.76. The highest BCUT2D eigenvalue weighted by molar-refractivity contribution is 6.32. The number of hydrogen-bond acceptors (Lipinski definition) is 5. The number of para-hydroxylation sites is 2. The standard InChI is InChI=1S/C18H21ClN2O4/c1-4-25-15-8-6-5-7-13(15)20-11-18(22)21-14-10-16(23-2)12(19)9-17(14)24-3/h5-10,20H,4,11H2,1-3H3,(H,21,22). The second-order valence-corrected chi connectivity index (χ2v) is 5.43. The van der Waals surface area contributed by atoms with Crippen molar-refractivity contribution in [1.82, 2.24) is 0 Å². The molecule has 134 valence electrons. The number of amides is 1. The summed E-state index contributed by atoms with van der Waals surface area (Å²) in [6.07, 6.45) is 0. The number of rotatable bonds is 8. The summed E-state index contributed by atoms with van der Waals surface area (Å²) in [5.74, 6) is 1.36. The van der Waals surface area contributed by atoms with E-state index < -0.39 is 0 Å². The van der Waals surface area contributed by atoms with Crippen molar-refractivity contribution in [2.24, 2.45) is 0 Å². The van der Waals surface area contributed by atoms with Crippen LogP contribution in [0.2, 0.25) is 5.02 Å². The van der Waals surface area contributed by atoms with Crippen molar-refractivity contribution in [3.8, 4) is 17.2 Å². The zero-order valence-electron chi connectivity index (χ0n) is 14.4. The van der Waals surface area contributed by atoms with Crippen molar-refractivity contribution in [2.45, 2.75) is 6.92 Å². The normalized spacial score (nSPS) is 10.1. The van der Waals surface area contributed by atoms with E-state index >= 15 is 0 Å². The molecule has 0 spiro atoms. The number of anilines is 2. The van der Waals surface area contributed by atoms with Crippen LogP contribution in [0.15, 0.2) is 36.4 Å². The lowest BCUT2D eigenvalue weighted by molar-refractivity contribution is -0.114. The molecule has 0 aliphatic carbocycles. The third kappa shape index (κ3) is 4.93. The number of nitrogens with one attached hydrogen (secondary N) is 2. The van der Waals surface area contributed by atoms with Crippen LogP contribution in [0, 0.1) is 0 Å². The van der Waals surface area contributed by atoms with Crippen molar-refractivity contribution in [3.63, 3.8) is 0 Å². The predicted molar refractivity (Wildman–Crippen MR) is 99.3 cm³/mol. The second-order valence-electron chi connectivity index (χ2n) is 5.02. The Kier molecular flexibility index (Phi) is 6.77. The van der Waals surface area contributed by atoms with E-state index in [0.717, 1.165) is 5.69 Å². The number of methoxy groups -OCH3 is 2. The lowest BCUT2D eigenvalue weighted by Crippen LogP contribution is -2.22. The first-order chi connectivity index (χ1) is 12.1. The molecule has 25 heavy (non-hydrogen) atoms. The molecule has 0 aliphatic heterocycles. The van der Waals surface area contributed by atoms with Crippen molar-refractivity contribution in [1.29, 1.82) is 0 Å². The molecule has 2 aromatic rings. The van der Waals surface area contributed by atoms with Crippen LogP contribution >= 0.6 is 11.6 Å². The van der Waals surface area contributed by atoms with Gasteiger partial charge in [0.2, 0.25) is 5.91 Å². The van der Waals surface area contributed by atoms with Crippen LogP contribution in [0.5, 0.6) is 17.2 Å². The van der Waals surface area contributed by atoms with Gasteiger partial charge in [-0.1, -0.05) is 23.7 Å². The molecule has 0 saturated carbocycles. The van der Waals surface area contributed by atoms with Gasteiger partial charge in [-0.2, -0.15) is 0 Å². The summed E-state index contributed by atoms with van der Waals surface area (Å²) in [7, 11) is 3.01. The van der Waals surface area contributed by atoms with E-state index in [1.54, 1.807) is 12.1 Å². The van der Waals surface area contributed by atoms with Crippen molar-refractivity contribution >= 4 is 28.9 Å². The van der Waals surface area contributed by atoms with Gasteiger partial charge in [0.1, 0.15) is 17.2 Å². The molecular weight excluding hydrogens is 344 g/mol. The number of carbonyl (C=O) groups excluding carboxylic acids is 1. The van der Waals surface area contributed by atoms with Crippen LogP contribution in [-0.4, -0.2) is 33.3 Å². The third-order valence-corrected chi connectivity index (χ3v) is 3.67. The fourth-order valence-electron chi connectivity index (χ4n) is 2.22. The van der Waals surface area contributed by atoms with E-state index in [2.05, 4.69) is 10.6 Å². The molecule has 1 amide bonds. The smallest absolute Gasteiger partial charge is 0.243 e. The van der Waals surface area contributed by atoms with E-state index in [0.29, 0.717) is 34.6 Å². The van der Waals surface area contributed by atoms with E-state index in [-0.39, 0.29) is 12.5 Å². The Morgan fingerprint density at radius 3 is 2.44 bits per heavy atom. The highest BCUT2D eigenvalue weighted by Crippen LogP contribution is 2.35. The molecule has 0 aliphatic rings. The predicted octanol–water partition coefficient (Wildman–Crippen LogP) is 3.81. The summed E-state index contributed by atoms with van der Waals surface area (Å²) in [4.78, 5) is 12.3. The van der Waals surface area contributed by atoms with Gasteiger partial charge < -0.3 is 24.8 Å². The molecule has 7 heteroatoms. The number of benzene rings is 2. The maximum atomic E-state index is 12.3. The summed E-state index contributed by atoms with van der Waals surface area (Å²) in [6.45, 7) is 2.52. The Hall–Kier alpha value is -2.60. The maximum absolute atomic E-state index is 12.3. The van der Waals surface area contributed by atoms with E-state index in [9.17, 15) is 4.79 Å². The molecular formula is C18H21ClN2O4. The van der Waals surface area contributed by atoms with Gasteiger partial charge in [0, 0.05) is 12.1 Å². The third-order valence-electron chi connectivity index (χ3n) is 3.37. The molecule has 2 N–H and O–H groups in total. The van der Waals surface area contributed by atoms with Crippen LogP contribution in [0.1, 0.15) is 6.92 Å². The van der Waals surface area contributed by atoms with E-state index in [4.69, 9.17) is 25.8 Å². The summed E-state index contributed by atoms with van der Waals surface area (Å²) < 4.78 is 15.9. The molecule has 2 rings (SSSR count). The molecule has 0 saturated heterocycles. The number of halogens is 1. The lowest BCUT2D eigenvalue weighted by atomic mass is 10.2. The van der Waals surface area contributed by atoms with Gasteiger partial charge in [-0.15, -0.1) is 0 Å². The molecule has 6 nitrogen and oxygen atoms in total. The van der Waals surface area contributed by atoms with Crippen LogP contribution in [-0.2, 0) is 4.79 Å². The van der Waals surface area contributed by atoms with Crippen molar-refractivity contribution in [3.05, 3.63) is 41.4 Å². The Morgan fingerprint density at radius 1 is 1.04 bits per heavy atom. The first-order valence-corrected chi connectivity index (χ1v) is 8.13. The highest BCUT2D eigenvalue weighted by atomic mass is 35.5. The van der Waals surface area contributed by atoms with E-state index in [1.807, 2.05) is 31.2 Å². The molecule has 0 radical (unpaired) electrons. The van der Waals surface area contributed by atoms with Crippen molar-refractivity contribution < 1.29 is 19.0 Å². The highest BCUT2D eigenvalue weighted by Gasteiger charge is 2.13. The first kappa shape index (κ1) is 18.7. The van der Waals surface area contributed by atoms with Gasteiger partial charge in [0.05, 0.1) is 43.8 Å². The number of ether oxygens (including phenoxy) is 3. The van der Waals surface area contributed by atoms with Crippen LogP contribution < -0.4 is 24.8 Å². The molecule has 0 bridgehead atoms. The van der Waals surface area contributed by atoms with Crippen LogP contribution in [0.3, 0.4) is 0 Å². The van der Waals surface area contributed by atoms with Crippen LogP contribution in [0.25, 0.3) is 0 Å². The molecule has 0 aromatic heterocycles. The minimum Gasteiger partial charge on any atom is -0.495 e. The summed E-state index contributed by atoms with van der Waals surface area (Å²) >= 11 is 6.06. The van der Waals surface area contributed by atoms with Gasteiger partial charge in [-0.05, 0) is 19.1 Å². The van der Waals surface area contributed by atoms with Gasteiger partial charge in [-0.25, -0.2) is 0 Å². The maximum Gasteiger partial charge on any atom is 0.243 e. The molecule has 0 heterocycles. The summed E-state index contributed by atoms with van der Waals surface area (Å²) in [6, 6.07) is 10.7. The van der Waals surface area contributed by atoms with Crippen LogP contribution in [0.4, 0.5) is 11.4 Å². The monoisotopic (exact) mass is 364 g/mol. The second kappa shape index (κ2) is 9.03. The Morgan fingerprint density at radius 2 is 1.76 bits per heavy atom. The zero-order valence-corrected chi connectivity index (χ0v) is 15.1. The van der Waals surface area contributed by atoms with Gasteiger partial charge in [0.25, 0.3) is 0 Å². The Labute approximate surface area is 152 Å². The fraction of sp³-hybridized carbons (Fsp3) is 0.278. The van der Waals surface area contributed by atoms with Gasteiger partial charge >= 0.3 is 0 Å². The number of carbonyl (C=O) groups is 1. The largest absolute Gasteiger partial charge is 0.495 e. The molecule has 2 aromatic carbocycles. The summed E-state index contributed by atoms with van der Waals surface area (Å²) in [5, 5.41) is 6.24. The van der Waals surface area contributed by atoms with Crippen molar-refractivity contribution in [2.75, 3.05) is 38.0 Å². The average Bonchev–Trinajstić information content (AvgIpc) is 2.62. The van der Waals surface area contributed by atoms with Gasteiger partial charge in [0.15, 0.2) is 0 Å². The van der Waals surface area contributed by atoms with E-state index in [1.165, 1.54) is 14.2 Å². The topological polar surface area (TPSA) is 68.8 Å². The minimum absolute atomic E-state index is 0.0676. The summed E-state index contributed by atoms with van der Waals surface area (Å²) in [5.41, 5.74) is 1.23. The lowest BCUT2D eigenvalue weighted by Gasteiger charge is -2.14. The average molecular weight is 365 g/mol.